The molecule has 1 fully saturated rings. The van der Waals surface area contributed by atoms with Crippen molar-refractivity contribution in [1.82, 2.24) is 10.2 Å². The van der Waals surface area contributed by atoms with Gasteiger partial charge in [-0.1, -0.05) is 0 Å². The first-order valence-corrected chi connectivity index (χ1v) is 8.42. The average molecular weight is 376 g/mol. The molecule has 0 aliphatic carbocycles. The number of ether oxygens (including phenoxy) is 1. The number of hydrogen-bond acceptors (Lipinski definition) is 4. The number of rotatable bonds is 3. The molecule has 1 heterocycles. The predicted molar refractivity (Wildman–Crippen MR) is 92.6 cm³/mol. The van der Waals surface area contributed by atoms with Crippen molar-refractivity contribution in [1.29, 1.82) is 0 Å². The van der Waals surface area contributed by atoms with E-state index >= 15 is 0 Å². The molecule has 0 spiro atoms. The Morgan fingerprint density at radius 2 is 2.08 bits per heavy atom. The lowest BCUT2D eigenvalue weighted by Gasteiger charge is -2.39. The van der Waals surface area contributed by atoms with Crippen molar-refractivity contribution in [2.45, 2.75) is 43.3 Å². The van der Waals surface area contributed by atoms with Crippen LogP contribution in [0.3, 0.4) is 0 Å². The van der Waals surface area contributed by atoms with Crippen LogP contribution in [0, 0.1) is 6.92 Å². The number of amides is 1. The lowest BCUT2D eigenvalue weighted by molar-refractivity contribution is -0.139. The molecule has 1 aromatic carbocycles. The van der Waals surface area contributed by atoms with Gasteiger partial charge in [0.15, 0.2) is 0 Å². The van der Waals surface area contributed by atoms with Crippen LogP contribution in [0.2, 0.25) is 0 Å². The molecule has 0 aromatic heterocycles. The van der Waals surface area contributed by atoms with Gasteiger partial charge in [-0.2, -0.15) is 13.2 Å². The molecule has 1 unspecified atom stereocenters. The van der Waals surface area contributed by atoms with E-state index in [1.54, 1.807) is 0 Å². The monoisotopic (exact) mass is 376 g/mol. The lowest BCUT2D eigenvalue weighted by Crippen LogP contribution is -2.56. The molecule has 2 rings (SSSR count). The van der Waals surface area contributed by atoms with Crippen LogP contribution in [0.1, 0.15) is 41.3 Å². The number of carbonyl (C=O) groups is 1. The van der Waals surface area contributed by atoms with E-state index in [4.69, 9.17) is 4.74 Å². The van der Waals surface area contributed by atoms with Gasteiger partial charge < -0.3 is 15.0 Å². The van der Waals surface area contributed by atoms with Gasteiger partial charge in [0, 0.05) is 6.54 Å². The molecule has 1 atom stereocenters. The van der Waals surface area contributed by atoms with Crippen molar-refractivity contribution in [2.24, 2.45) is 0 Å². The summed E-state index contributed by atoms with van der Waals surface area (Å²) in [6.45, 7) is 5.03. The Morgan fingerprint density at radius 1 is 1.44 bits per heavy atom. The number of likely N-dealkylation sites (N-methyl/N-ethyl adjacent to an activating group) is 1. The van der Waals surface area contributed by atoms with Gasteiger partial charge in [-0.15, -0.1) is 12.6 Å². The minimum absolute atomic E-state index is 0.0925. The molecule has 1 saturated heterocycles. The number of nitrogens with zero attached hydrogens (tertiary/aromatic N) is 1. The Kier molecular flexibility index (Phi) is 5.63. The second-order valence-electron chi connectivity index (χ2n) is 6.85. The molecule has 1 amide bonds. The molecule has 25 heavy (non-hydrogen) atoms. The second-order valence-corrected chi connectivity index (χ2v) is 7.30. The van der Waals surface area contributed by atoms with Crippen LogP contribution in [0.4, 0.5) is 13.2 Å². The Morgan fingerprint density at radius 3 is 2.60 bits per heavy atom. The highest BCUT2D eigenvalue weighted by molar-refractivity contribution is 7.80. The first-order chi connectivity index (χ1) is 11.5. The highest BCUT2D eigenvalue weighted by atomic mass is 32.1. The normalized spacial score (nSPS) is 21.9. The van der Waals surface area contributed by atoms with Gasteiger partial charge in [-0.25, -0.2) is 0 Å². The zero-order valence-corrected chi connectivity index (χ0v) is 15.6. The first-order valence-electron chi connectivity index (χ1n) is 7.97. The van der Waals surface area contributed by atoms with E-state index in [-0.39, 0.29) is 21.8 Å². The zero-order chi connectivity index (χ0) is 19.0. The van der Waals surface area contributed by atoms with Crippen LogP contribution in [0.25, 0.3) is 0 Å². The molecule has 0 bridgehead atoms. The smallest absolute Gasteiger partial charge is 0.417 e. The van der Waals surface area contributed by atoms with Crippen LogP contribution in [-0.4, -0.2) is 43.6 Å². The Labute approximate surface area is 151 Å². The fraction of sp³-hybridized carbons (Fsp3) is 0.588. The maximum absolute atomic E-state index is 13.1. The van der Waals surface area contributed by atoms with E-state index in [1.165, 1.54) is 14.0 Å². The summed E-state index contributed by atoms with van der Waals surface area (Å²) in [6, 6.07) is 0.940. The minimum Gasteiger partial charge on any atom is -0.495 e. The summed E-state index contributed by atoms with van der Waals surface area (Å²) in [4.78, 5) is 14.6. The van der Waals surface area contributed by atoms with E-state index in [0.717, 1.165) is 25.5 Å². The van der Waals surface area contributed by atoms with Gasteiger partial charge in [0.05, 0.1) is 28.7 Å². The van der Waals surface area contributed by atoms with Gasteiger partial charge in [-0.3, -0.25) is 4.79 Å². The molecule has 140 valence electrons. The van der Waals surface area contributed by atoms with Gasteiger partial charge in [-0.05, 0) is 51.9 Å². The fourth-order valence-corrected chi connectivity index (χ4v) is 3.80. The molecule has 1 aliphatic heterocycles. The molecule has 8 heteroatoms. The van der Waals surface area contributed by atoms with Crippen LogP contribution in [0.5, 0.6) is 5.75 Å². The van der Waals surface area contributed by atoms with Crippen molar-refractivity contribution in [3.8, 4) is 5.75 Å². The van der Waals surface area contributed by atoms with Gasteiger partial charge in [0.1, 0.15) is 5.75 Å². The van der Waals surface area contributed by atoms with Crippen LogP contribution < -0.4 is 10.1 Å². The second kappa shape index (κ2) is 7.07. The highest BCUT2D eigenvalue weighted by Crippen LogP contribution is 2.41. The Bertz CT molecular complexity index is 679. The lowest BCUT2D eigenvalue weighted by atomic mass is 9.90. The third-order valence-corrected chi connectivity index (χ3v) is 4.94. The number of nitrogens with one attached hydrogen (secondary N) is 1. The summed E-state index contributed by atoms with van der Waals surface area (Å²) >= 11 is 3.96. The average Bonchev–Trinajstić information content (AvgIpc) is 2.46. The third kappa shape index (κ3) is 4.23. The topological polar surface area (TPSA) is 41.6 Å². The van der Waals surface area contributed by atoms with Gasteiger partial charge >= 0.3 is 6.18 Å². The molecule has 4 nitrogen and oxygen atoms in total. The molecule has 1 N–H and O–H groups in total. The minimum atomic E-state index is -4.57. The Balaban J connectivity index is 2.41. The Hall–Kier alpha value is -1.41. The number of carbonyl (C=O) groups excluding carboxylic acids is 1. The van der Waals surface area contributed by atoms with E-state index < -0.39 is 23.2 Å². The number of methoxy groups -OCH3 is 1. The number of aryl methyl sites for hydroxylation is 1. The highest BCUT2D eigenvalue weighted by Gasteiger charge is 2.37. The number of thiol groups is 1. The number of benzene rings is 1. The maximum Gasteiger partial charge on any atom is 0.417 e. The summed E-state index contributed by atoms with van der Waals surface area (Å²) in [5.74, 6) is -0.600. The molecule has 0 radical (unpaired) electrons. The van der Waals surface area contributed by atoms with Gasteiger partial charge in [0.2, 0.25) is 0 Å². The third-order valence-electron chi connectivity index (χ3n) is 4.49. The summed E-state index contributed by atoms with van der Waals surface area (Å²) in [5.41, 5.74) is -1.06. The maximum atomic E-state index is 13.1. The van der Waals surface area contributed by atoms with E-state index in [9.17, 15) is 18.0 Å². The van der Waals surface area contributed by atoms with Crippen LogP contribution in [0.15, 0.2) is 11.0 Å². The molecule has 1 aromatic rings. The number of hydrogen-bond donors (Lipinski definition) is 2. The largest absolute Gasteiger partial charge is 0.495 e. The zero-order valence-electron chi connectivity index (χ0n) is 14.8. The summed E-state index contributed by atoms with van der Waals surface area (Å²) < 4.78 is 44.5. The first kappa shape index (κ1) is 19.9. The molecular formula is C17H23F3N2O2S. The van der Waals surface area contributed by atoms with E-state index in [1.807, 2.05) is 14.0 Å². The van der Waals surface area contributed by atoms with Crippen molar-refractivity contribution < 1.29 is 22.7 Å². The molecule has 0 saturated carbocycles. The van der Waals surface area contributed by atoms with E-state index in [2.05, 4.69) is 22.8 Å². The number of likely N-dealkylation sites (tertiary alicyclic amines) is 1. The summed E-state index contributed by atoms with van der Waals surface area (Å²) in [7, 11) is 3.21. The number of piperidine rings is 1. The fourth-order valence-electron chi connectivity index (χ4n) is 3.41. The van der Waals surface area contributed by atoms with Crippen molar-refractivity contribution in [3.63, 3.8) is 0 Å². The standard InChI is InChI=1S/C17H23F3N2O2S/c1-10-8-11(17(18,19)20)14(25)13(24-4)12(10)15(23)21-16(2)6-5-7-22(3)9-16/h8,25H,5-7,9H2,1-4H3,(H,21,23). The summed E-state index contributed by atoms with van der Waals surface area (Å²) in [5, 5.41) is 2.97. The van der Waals surface area contributed by atoms with Crippen LogP contribution in [-0.2, 0) is 6.18 Å². The van der Waals surface area contributed by atoms with E-state index in [0.29, 0.717) is 6.54 Å². The van der Waals surface area contributed by atoms with Crippen LogP contribution >= 0.6 is 12.6 Å². The van der Waals surface area contributed by atoms with Gasteiger partial charge in [0.25, 0.3) is 5.91 Å². The predicted octanol–water partition coefficient (Wildman–Crippen LogP) is 3.53. The van der Waals surface area contributed by atoms with Crippen molar-refractivity contribution in [3.05, 3.63) is 22.8 Å². The molecule has 1 aliphatic rings. The molecular weight excluding hydrogens is 353 g/mol. The quantitative estimate of drug-likeness (QED) is 0.793. The number of halogens is 3. The van der Waals surface area contributed by atoms with Crippen molar-refractivity contribution >= 4 is 18.5 Å². The number of alkyl halides is 3. The summed E-state index contributed by atoms with van der Waals surface area (Å²) in [6.07, 6.45) is -2.82. The SMILES string of the molecule is COc1c(S)c(C(F)(F)F)cc(C)c1C(=O)NC1(C)CCCN(C)C1. The van der Waals surface area contributed by atoms with Crippen molar-refractivity contribution in [2.75, 3.05) is 27.2 Å².